The minimum absolute atomic E-state index is 0.0291. The lowest BCUT2D eigenvalue weighted by molar-refractivity contribution is 0.0997. The molecule has 1 amide bonds. The van der Waals surface area contributed by atoms with Gasteiger partial charge in [-0.25, -0.2) is 4.79 Å². The number of fused-ring (bicyclic) bond motifs is 1. The molecule has 0 saturated heterocycles. The Balaban J connectivity index is 2.80. The first-order chi connectivity index (χ1) is 8.56. The lowest BCUT2D eigenvalue weighted by atomic mass is 10.1. The number of nitroso groups, excluding NO2 is 2. The smallest absolute Gasteiger partial charge is 0.349 e. The fourth-order valence-electron chi connectivity index (χ4n) is 1.40. The molecule has 1 heterocycles. The number of benzene rings is 1. The summed E-state index contributed by atoms with van der Waals surface area (Å²) in [6.45, 7) is 0. The number of amides is 1. The van der Waals surface area contributed by atoms with Crippen molar-refractivity contribution in [3.05, 3.63) is 49.0 Å². The van der Waals surface area contributed by atoms with Gasteiger partial charge >= 0.3 is 11.5 Å². The molecule has 0 atom stereocenters. The van der Waals surface area contributed by atoms with Crippen molar-refractivity contribution in [3.63, 3.8) is 0 Å². The minimum Gasteiger partial charge on any atom is -0.422 e. The predicted octanol–water partition coefficient (Wildman–Crippen LogP) is 2.75. The molecule has 1 aromatic carbocycles. The Bertz CT molecular complexity index is 737. The molecule has 0 unspecified atom stereocenters. The monoisotopic (exact) mass is 266 g/mol. The second-order valence-corrected chi connectivity index (χ2v) is 3.68. The summed E-state index contributed by atoms with van der Waals surface area (Å²) < 4.78 is 4.78. The molecule has 8 heteroatoms. The maximum absolute atomic E-state index is 11.4. The van der Waals surface area contributed by atoms with Gasteiger partial charge in [-0.2, -0.15) is 0 Å². The topological polar surface area (TPSA) is 106 Å². The van der Waals surface area contributed by atoms with Gasteiger partial charge in [0.2, 0.25) is 0 Å². The number of carbonyl (C=O) groups excluding carboxylic acids is 1. The first-order valence-electron chi connectivity index (χ1n) is 4.55. The third-order valence-corrected chi connectivity index (χ3v) is 2.52. The molecule has 0 N–H and O–H groups in total. The minimum atomic E-state index is -1.24. The van der Waals surface area contributed by atoms with E-state index in [0.29, 0.717) is 0 Å². The Morgan fingerprint density at radius 3 is 2.56 bits per heavy atom. The molecule has 18 heavy (non-hydrogen) atoms. The molecule has 0 saturated carbocycles. The van der Waals surface area contributed by atoms with Crippen molar-refractivity contribution in [1.29, 1.82) is 0 Å². The van der Waals surface area contributed by atoms with Crippen molar-refractivity contribution in [1.82, 2.24) is 0 Å². The summed E-state index contributed by atoms with van der Waals surface area (Å²) >= 11 is 5.73. The molecule has 0 aliphatic carbocycles. The van der Waals surface area contributed by atoms with Gasteiger partial charge in [0.05, 0.1) is 5.02 Å². The largest absolute Gasteiger partial charge is 0.422 e. The van der Waals surface area contributed by atoms with Gasteiger partial charge in [-0.1, -0.05) is 11.6 Å². The first-order valence-corrected chi connectivity index (χ1v) is 4.93. The van der Waals surface area contributed by atoms with Gasteiger partial charge < -0.3 is 4.42 Å². The van der Waals surface area contributed by atoms with Crippen LogP contribution in [0.15, 0.2) is 37.8 Å². The maximum atomic E-state index is 11.4. The van der Waals surface area contributed by atoms with E-state index >= 15 is 0 Å². The Hall–Kier alpha value is -2.41. The Morgan fingerprint density at radius 1 is 1.22 bits per heavy atom. The zero-order chi connectivity index (χ0) is 13.3. The maximum Gasteiger partial charge on any atom is 0.349 e. The Kier molecular flexibility index (Phi) is 2.99. The molecule has 0 aliphatic heterocycles. The average molecular weight is 267 g/mol. The van der Waals surface area contributed by atoms with Crippen molar-refractivity contribution < 1.29 is 9.21 Å². The van der Waals surface area contributed by atoms with Crippen LogP contribution in [0.25, 0.3) is 11.0 Å². The summed E-state index contributed by atoms with van der Waals surface area (Å²) in [5, 5.41) is 5.08. The number of nitrogens with zero attached hydrogens (tertiary/aromatic N) is 2. The standard InChI is InChI=1S/C10H3ClN2O5/c11-6-2-4-1-5(9(14)13-17)10(15)18-8(4)3-7(6)12-16/h1-3H. The van der Waals surface area contributed by atoms with Crippen molar-refractivity contribution in [2.24, 2.45) is 10.4 Å². The van der Waals surface area contributed by atoms with Crippen LogP contribution in [0.5, 0.6) is 0 Å². The Labute approximate surface area is 103 Å². The summed E-state index contributed by atoms with van der Waals surface area (Å²) in [7, 11) is 0. The van der Waals surface area contributed by atoms with Crippen LogP contribution < -0.4 is 5.63 Å². The molecule has 0 aliphatic rings. The zero-order valence-corrected chi connectivity index (χ0v) is 9.30. The van der Waals surface area contributed by atoms with Gasteiger partial charge in [-0.3, -0.25) is 4.79 Å². The van der Waals surface area contributed by atoms with E-state index in [9.17, 15) is 19.4 Å². The van der Waals surface area contributed by atoms with E-state index in [0.717, 1.165) is 12.1 Å². The fraction of sp³-hybridized carbons (Fsp3) is 0. The molecule has 2 rings (SSSR count). The highest BCUT2D eigenvalue weighted by molar-refractivity contribution is 6.33. The molecular formula is C10H3ClN2O5. The van der Waals surface area contributed by atoms with E-state index in [4.69, 9.17) is 16.0 Å². The highest BCUT2D eigenvalue weighted by Gasteiger charge is 2.15. The summed E-state index contributed by atoms with van der Waals surface area (Å²) in [6, 6.07) is 3.57. The van der Waals surface area contributed by atoms with Crippen LogP contribution in [0.3, 0.4) is 0 Å². The molecule has 7 nitrogen and oxygen atoms in total. The zero-order valence-electron chi connectivity index (χ0n) is 8.55. The SMILES string of the molecule is O=NC(=O)c1cc2cc(Cl)c(N=O)cc2oc1=O. The van der Waals surface area contributed by atoms with E-state index in [2.05, 4.69) is 10.4 Å². The molecule has 0 radical (unpaired) electrons. The van der Waals surface area contributed by atoms with E-state index in [-0.39, 0.29) is 21.7 Å². The van der Waals surface area contributed by atoms with Crippen molar-refractivity contribution in [2.75, 3.05) is 0 Å². The summed E-state index contributed by atoms with van der Waals surface area (Å²) in [4.78, 5) is 42.9. The van der Waals surface area contributed by atoms with Crippen LogP contribution in [0.4, 0.5) is 5.69 Å². The molecule has 0 bridgehead atoms. The van der Waals surface area contributed by atoms with Crippen molar-refractivity contribution in [2.45, 2.75) is 0 Å². The van der Waals surface area contributed by atoms with Crippen LogP contribution in [0, 0.1) is 9.81 Å². The molecule has 2 aromatic rings. The number of rotatable bonds is 2. The number of halogens is 1. The number of hydrogen-bond acceptors (Lipinski definition) is 6. The lowest BCUT2D eigenvalue weighted by Gasteiger charge is -2.00. The van der Waals surface area contributed by atoms with Crippen LogP contribution in [-0.2, 0) is 0 Å². The van der Waals surface area contributed by atoms with Crippen LogP contribution in [0.2, 0.25) is 5.02 Å². The van der Waals surface area contributed by atoms with Gasteiger partial charge in [0.25, 0.3) is 0 Å². The molecule has 0 spiro atoms. The predicted molar refractivity (Wildman–Crippen MR) is 63.1 cm³/mol. The molecular weight excluding hydrogens is 264 g/mol. The fourth-order valence-corrected chi connectivity index (χ4v) is 1.60. The van der Waals surface area contributed by atoms with Gasteiger partial charge in [0.1, 0.15) is 16.8 Å². The third-order valence-electron chi connectivity index (χ3n) is 2.21. The molecule has 1 aromatic heterocycles. The van der Waals surface area contributed by atoms with Crippen LogP contribution in [0.1, 0.15) is 10.4 Å². The highest BCUT2D eigenvalue weighted by atomic mass is 35.5. The number of carbonyl (C=O) groups is 1. The van der Waals surface area contributed by atoms with Gasteiger partial charge in [0, 0.05) is 16.6 Å². The second-order valence-electron chi connectivity index (χ2n) is 3.28. The van der Waals surface area contributed by atoms with E-state index in [1.54, 1.807) is 0 Å². The van der Waals surface area contributed by atoms with E-state index in [1.807, 2.05) is 0 Å². The summed E-state index contributed by atoms with van der Waals surface area (Å²) in [5.41, 5.74) is -1.59. The third kappa shape index (κ3) is 1.91. The average Bonchev–Trinajstić information content (AvgIpc) is 2.37. The number of hydrogen-bond donors (Lipinski definition) is 0. The van der Waals surface area contributed by atoms with Gasteiger partial charge in [-0.05, 0) is 17.3 Å². The van der Waals surface area contributed by atoms with Gasteiger partial charge in [0.15, 0.2) is 0 Å². The molecule has 90 valence electrons. The summed E-state index contributed by atoms with van der Waals surface area (Å²) in [5.74, 6) is -1.24. The molecule has 0 fully saturated rings. The van der Waals surface area contributed by atoms with Crippen molar-refractivity contribution >= 4 is 34.2 Å². The quantitative estimate of drug-likeness (QED) is 0.613. The van der Waals surface area contributed by atoms with Crippen LogP contribution in [-0.4, -0.2) is 5.91 Å². The lowest BCUT2D eigenvalue weighted by Crippen LogP contribution is -2.11. The summed E-state index contributed by atoms with van der Waals surface area (Å²) in [6.07, 6.45) is 0. The van der Waals surface area contributed by atoms with E-state index < -0.39 is 17.1 Å². The Morgan fingerprint density at radius 2 is 1.94 bits per heavy atom. The first kappa shape index (κ1) is 12.1. The van der Waals surface area contributed by atoms with Crippen LogP contribution >= 0.6 is 11.6 Å². The van der Waals surface area contributed by atoms with Gasteiger partial charge in [-0.15, -0.1) is 9.81 Å². The second kappa shape index (κ2) is 4.46. The van der Waals surface area contributed by atoms with E-state index in [1.165, 1.54) is 6.07 Å². The normalized spacial score (nSPS) is 10.3. The highest BCUT2D eigenvalue weighted by Crippen LogP contribution is 2.29. The van der Waals surface area contributed by atoms with Crippen molar-refractivity contribution in [3.8, 4) is 0 Å².